The molecule has 0 aromatic rings. The second-order valence-electron chi connectivity index (χ2n) is 0.448. The average molecular weight is 332 g/mol. The van der Waals surface area contributed by atoms with Gasteiger partial charge in [-0.2, -0.15) is 8.42 Å². The summed E-state index contributed by atoms with van der Waals surface area (Å²) in [6.45, 7) is 0. The van der Waals surface area contributed by atoms with E-state index in [1.165, 1.54) is 0 Å². The normalized spacial score (nSPS) is 3.41. The van der Waals surface area contributed by atoms with Gasteiger partial charge >= 0.3 is 40.0 Å². The molecule has 0 radical (unpaired) electrons. The molecule has 22 N–H and O–H groups in total. The van der Waals surface area contributed by atoms with Gasteiger partial charge in [-0.15, -0.1) is 0 Å². The van der Waals surface area contributed by atoms with Crippen LogP contribution < -0.4 is 0 Å². The molecule has 0 aromatic heterocycles. The van der Waals surface area contributed by atoms with Crippen molar-refractivity contribution >= 4 is 57.3 Å². The molecule has 0 saturated heterocycles. The van der Waals surface area contributed by atoms with Crippen LogP contribution in [0.3, 0.4) is 0 Å². The Bertz CT molecular complexity index is 99.4. The zero-order chi connectivity index (χ0) is 4.50. The summed E-state index contributed by atoms with van der Waals surface area (Å²) in [5.41, 5.74) is 0. The van der Waals surface area contributed by atoms with Crippen LogP contribution >= 0.6 is 0 Å². The number of hydrogen-bond donors (Lipinski definition) is 2. The van der Waals surface area contributed by atoms with E-state index in [2.05, 4.69) is 0 Å². The average Bonchev–Trinajstić information content (AvgIpc) is 0.722. The van der Waals surface area contributed by atoms with Gasteiger partial charge in [0, 0.05) is 0 Å². The van der Waals surface area contributed by atoms with Gasteiger partial charge in [0.2, 0.25) is 0 Å². The molecule has 0 spiro atoms. The van der Waals surface area contributed by atoms with E-state index in [9.17, 15) is 0 Å². The predicted octanol–water partition coefficient (Wildman–Crippen LogP) is -10.7. The van der Waals surface area contributed by atoms with Gasteiger partial charge in [0.05, 0.1) is 0 Å². The monoisotopic (exact) mass is 332 g/mol. The van der Waals surface area contributed by atoms with Crippen LogP contribution in [-0.2, 0) is 10.4 Å². The van der Waals surface area contributed by atoms with Crippen molar-refractivity contribution in [1.29, 1.82) is 0 Å². The molecule has 0 atom stereocenters. The van der Waals surface area contributed by atoms with E-state index in [1.54, 1.807) is 0 Å². The fraction of sp³-hybridized carbons (Fsp3) is 0. The fourth-order valence-electron chi connectivity index (χ4n) is 0. The Labute approximate surface area is 129 Å². The molecular formula is H26AlNaO14S. The van der Waals surface area contributed by atoms with E-state index in [4.69, 9.17) is 17.5 Å². The van der Waals surface area contributed by atoms with Gasteiger partial charge in [0.25, 0.3) is 0 Å². The van der Waals surface area contributed by atoms with Gasteiger partial charge in [0.15, 0.2) is 17.4 Å². The van der Waals surface area contributed by atoms with Crippen LogP contribution in [0, 0.1) is 0 Å². The first-order valence-corrected chi connectivity index (χ1v) is 2.10. The molecule has 14 nitrogen and oxygen atoms in total. The zero-order valence-corrected chi connectivity index (χ0v) is 7.94. The molecule has 0 aliphatic rings. The van der Waals surface area contributed by atoms with Gasteiger partial charge in [-0.3, -0.25) is 9.11 Å². The molecule has 0 aromatic carbocycles. The summed E-state index contributed by atoms with van der Waals surface area (Å²) < 4.78 is 31.6. The quantitative estimate of drug-likeness (QED) is 0.321. The van der Waals surface area contributed by atoms with E-state index in [1.807, 2.05) is 0 Å². The van der Waals surface area contributed by atoms with Crippen molar-refractivity contribution in [1.82, 2.24) is 0 Å². The Morgan fingerprint density at radius 1 is 0.529 bits per heavy atom. The Morgan fingerprint density at radius 2 is 0.529 bits per heavy atom. The molecule has 0 fully saturated rings. The third-order valence-corrected chi connectivity index (χ3v) is 0. The summed E-state index contributed by atoms with van der Waals surface area (Å²) in [7, 11) is -4.67. The third kappa shape index (κ3) is 3810. The predicted molar refractivity (Wildman–Crippen MR) is 67.4 cm³/mol. The first-order valence-electron chi connectivity index (χ1n) is 0.698. The number of rotatable bonds is 0. The topological polar surface area (TPSA) is 390 Å². The van der Waals surface area contributed by atoms with E-state index in [0.717, 1.165) is 0 Å². The minimum atomic E-state index is -4.67. The molecule has 0 rings (SSSR count). The van der Waals surface area contributed by atoms with Crippen molar-refractivity contribution in [3.8, 4) is 0 Å². The van der Waals surface area contributed by atoms with Gasteiger partial charge in [-0.25, -0.2) is 0 Å². The first-order chi connectivity index (χ1) is 2.00. The molecule has 0 amide bonds. The summed E-state index contributed by atoms with van der Waals surface area (Å²) in [5.74, 6) is 0. The molecule has 0 heterocycles. The SMILES string of the molecule is O.O.O.O.O.O.O.O.O.O.O=S(=O)(O)O.[AlH3].[NaH]. The van der Waals surface area contributed by atoms with E-state index >= 15 is 0 Å². The molecule has 0 saturated carbocycles. The Morgan fingerprint density at radius 3 is 0.529 bits per heavy atom. The second kappa shape index (κ2) is 88.8. The molecule has 0 aliphatic carbocycles. The van der Waals surface area contributed by atoms with Crippen LogP contribution in [0.15, 0.2) is 0 Å². The molecule has 0 unspecified atom stereocenters. The van der Waals surface area contributed by atoms with Crippen molar-refractivity contribution in [3.63, 3.8) is 0 Å². The Hall–Kier alpha value is 1.00. The summed E-state index contributed by atoms with van der Waals surface area (Å²) in [6, 6.07) is 0. The van der Waals surface area contributed by atoms with Crippen molar-refractivity contribution in [2.45, 2.75) is 0 Å². The van der Waals surface area contributed by atoms with Gasteiger partial charge < -0.3 is 54.8 Å². The van der Waals surface area contributed by atoms with E-state index in [-0.39, 0.29) is 102 Å². The minimum absolute atomic E-state index is 0. The Kier molecular flexibility index (Phi) is 1090. The molecule has 17 heavy (non-hydrogen) atoms. The van der Waals surface area contributed by atoms with Crippen LogP contribution in [0.1, 0.15) is 0 Å². The van der Waals surface area contributed by atoms with Crippen molar-refractivity contribution in [2.24, 2.45) is 0 Å². The van der Waals surface area contributed by atoms with Crippen LogP contribution in [0.5, 0.6) is 0 Å². The summed E-state index contributed by atoms with van der Waals surface area (Å²) in [6.07, 6.45) is 0. The zero-order valence-electron chi connectivity index (χ0n) is 7.12. The Balaban J connectivity index is -0.00000000121. The molecule has 0 aliphatic heterocycles. The first kappa shape index (κ1) is 208. The fourth-order valence-corrected chi connectivity index (χ4v) is 0. The van der Waals surface area contributed by atoms with Gasteiger partial charge in [0.1, 0.15) is 0 Å². The molecule has 120 valence electrons. The van der Waals surface area contributed by atoms with E-state index in [0.29, 0.717) is 0 Å². The standard InChI is InChI=1S/Al.Na.H2O4S.10H2O.4H/c;;1-5(2,3)4;;;;;;;;;;;;;;/h;;(H2,1,2,3,4);10*1H2;;;;. The third-order valence-electron chi connectivity index (χ3n) is 0. The van der Waals surface area contributed by atoms with Gasteiger partial charge in [-0.1, -0.05) is 0 Å². The molecule has 17 heteroatoms. The van der Waals surface area contributed by atoms with E-state index < -0.39 is 10.4 Å². The van der Waals surface area contributed by atoms with Crippen molar-refractivity contribution in [2.75, 3.05) is 0 Å². The van der Waals surface area contributed by atoms with Crippen LogP contribution in [0.4, 0.5) is 0 Å². The molecular weight excluding hydrogens is 306 g/mol. The maximum absolute atomic E-state index is 8.74. The summed E-state index contributed by atoms with van der Waals surface area (Å²) >= 11 is 0. The van der Waals surface area contributed by atoms with Crippen molar-refractivity contribution < 1.29 is 72.3 Å². The summed E-state index contributed by atoms with van der Waals surface area (Å²) in [4.78, 5) is 0. The maximum atomic E-state index is 8.74. The summed E-state index contributed by atoms with van der Waals surface area (Å²) in [5, 5.41) is 0. The number of hydrogen-bond acceptors (Lipinski definition) is 2. The van der Waals surface area contributed by atoms with Crippen molar-refractivity contribution in [3.05, 3.63) is 0 Å². The molecule has 0 bridgehead atoms. The van der Waals surface area contributed by atoms with Gasteiger partial charge in [-0.05, 0) is 0 Å². The van der Waals surface area contributed by atoms with Crippen LogP contribution in [-0.4, -0.2) is 119 Å². The van der Waals surface area contributed by atoms with Crippen LogP contribution in [0.2, 0.25) is 0 Å². The second-order valence-corrected chi connectivity index (χ2v) is 1.34. The van der Waals surface area contributed by atoms with Crippen LogP contribution in [0.25, 0.3) is 0 Å².